The molecule has 2 aromatic carbocycles. The van der Waals surface area contributed by atoms with Gasteiger partial charge in [-0.25, -0.2) is 9.59 Å². The molecule has 1 aromatic heterocycles. The van der Waals surface area contributed by atoms with E-state index in [9.17, 15) is 24.6 Å². The summed E-state index contributed by atoms with van der Waals surface area (Å²) in [5.41, 5.74) is 0.951. The summed E-state index contributed by atoms with van der Waals surface area (Å²) in [6, 6.07) is 7.58. The van der Waals surface area contributed by atoms with Crippen LogP contribution in [0, 0.1) is 13.8 Å². The minimum atomic E-state index is -1.22. The Labute approximate surface area is 172 Å². The van der Waals surface area contributed by atoms with E-state index < -0.39 is 23.8 Å². The summed E-state index contributed by atoms with van der Waals surface area (Å²) in [4.78, 5) is 40.1. The Bertz CT molecular complexity index is 1180. The van der Waals surface area contributed by atoms with Crippen molar-refractivity contribution in [2.75, 3.05) is 7.11 Å². The number of ether oxygens (including phenoxy) is 2. The highest BCUT2D eigenvalue weighted by Gasteiger charge is 2.28. The molecule has 1 atom stereocenters. The lowest BCUT2D eigenvalue weighted by atomic mass is 10.0. The zero-order valence-electron chi connectivity index (χ0n) is 16.9. The predicted molar refractivity (Wildman–Crippen MR) is 108 cm³/mol. The van der Waals surface area contributed by atoms with Gasteiger partial charge in [0.05, 0.1) is 18.4 Å². The third-order valence-electron chi connectivity index (χ3n) is 4.94. The number of H-pyrrole nitrogens is 1. The highest BCUT2D eigenvalue weighted by Crippen LogP contribution is 2.35. The Morgan fingerprint density at radius 1 is 1.03 bits per heavy atom. The lowest BCUT2D eigenvalue weighted by Gasteiger charge is -2.14. The van der Waals surface area contributed by atoms with E-state index in [2.05, 4.69) is 4.98 Å². The Morgan fingerprint density at radius 3 is 2.30 bits per heavy atom. The maximum atomic E-state index is 12.8. The van der Waals surface area contributed by atoms with Crippen molar-refractivity contribution in [1.29, 1.82) is 0 Å². The molecule has 0 fully saturated rings. The van der Waals surface area contributed by atoms with Gasteiger partial charge in [0.2, 0.25) is 5.78 Å². The molecule has 0 radical (unpaired) electrons. The van der Waals surface area contributed by atoms with Crippen LogP contribution in [0.4, 0.5) is 0 Å². The minimum absolute atomic E-state index is 0.124. The molecule has 0 saturated heterocycles. The van der Waals surface area contributed by atoms with Crippen LogP contribution in [0.5, 0.6) is 11.5 Å². The molecule has 8 nitrogen and oxygen atoms in total. The van der Waals surface area contributed by atoms with Crippen LogP contribution in [0.3, 0.4) is 0 Å². The van der Waals surface area contributed by atoms with E-state index in [1.807, 2.05) is 0 Å². The smallest absolute Gasteiger partial charge is 0.342 e. The van der Waals surface area contributed by atoms with Crippen molar-refractivity contribution in [1.82, 2.24) is 4.98 Å². The first-order chi connectivity index (χ1) is 14.2. The number of carbonyl (C=O) groups is 3. The molecule has 3 N–H and O–H groups in total. The number of phenolic OH excluding ortho intramolecular Hbond substituents is 2. The highest BCUT2D eigenvalue weighted by molar-refractivity contribution is 6.07. The molecule has 1 heterocycles. The number of phenols is 2. The number of hydrogen-bond donors (Lipinski definition) is 3. The van der Waals surface area contributed by atoms with Gasteiger partial charge in [0, 0.05) is 16.5 Å². The molecule has 0 unspecified atom stereocenters. The average molecular weight is 411 g/mol. The molecule has 0 bridgehead atoms. The van der Waals surface area contributed by atoms with Crippen LogP contribution in [0.15, 0.2) is 30.3 Å². The van der Waals surface area contributed by atoms with Crippen LogP contribution in [0.25, 0.3) is 10.8 Å². The number of rotatable bonds is 5. The highest BCUT2D eigenvalue weighted by atomic mass is 16.5. The molecule has 3 rings (SSSR count). The fraction of sp³-hybridized carbons (Fsp3) is 0.227. The van der Waals surface area contributed by atoms with Gasteiger partial charge in [0.1, 0.15) is 17.1 Å². The minimum Gasteiger partial charge on any atom is -0.507 e. The number of ketones is 1. The summed E-state index contributed by atoms with van der Waals surface area (Å²) in [7, 11) is 1.24. The second-order valence-electron chi connectivity index (χ2n) is 6.87. The number of fused-ring (bicyclic) bond motifs is 1. The summed E-state index contributed by atoms with van der Waals surface area (Å²) in [5.74, 6) is -2.66. The fourth-order valence-corrected chi connectivity index (χ4v) is 3.38. The van der Waals surface area contributed by atoms with Crippen molar-refractivity contribution in [3.8, 4) is 11.5 Å². The van der Waals surface area contributed by atoms with Crippen LogP contribution in [0.2, 0.25) is 0 Å². The van der Waals surface area contributed by atoms with Gasteiger partial charge in [-0.2, -0.15) is 0 Å². The van der Waals surface area contributed by atoms with E-state index >= 15 is 0 Å². The molecule has 30 heavy (non-hydrogen) atoms. The number of aryl methyl sites for hydroxylation is 1. The SMILES string of the molecule is COC(=O)c1c(C)[nH]c(C(=O)[C@H](C)OC(=O)c2cc(O)c3ccccc3c2O)c1C. The molecule has 3 aromatic rings. The molecule has 0 aliphatic carbocycles. The molecular weight excluding hydrogens is 390 g/mol. The number of carbonyl (C=O) groups excluding carboxylic acids is 3. The topological polar surface area (TPSA) is 126 Å². The number of aromatic nitrogens is 1. The number of Topliss-reactive ketones (excluding diaryl/α,β-unsaturated/α-hetero) is 1. The number of methoxy groups -OCH3 is 1. The number of benzene rings is 2. The Morgan fingerprint density at radius 2 is 1.67 bits per heavy atom. The zero-order chi connectivity index (χ0) is 22.2. The lowest BCUT2D eigenvalue weighted by Crippen LogP contribution is -2.25. The Kier molecular flexibility index (Phi) is 5.51. The van der Waals surface area contributed by atoms with E-state index in [4.69, 9.17) is 9.47 Å². The van der Waals surface area contributed by atoms with Gasteiger partial charge in [-0.15, -0.1) is 0 Å². The standard InChI is InChI=1S/C22H21NO7/c1-10-17(22(28)29-4)11(2)23-18(10)19(25)12(3)30-21(27)15-9-16(24)13-7-5-6-8-14(13)20(15)26/h5-9,12,23-24,26H,1-4H3/t12-/m0/s1. The molecule has 0 aliphatic rings. The second kappa shape index (κ2) is 7.90. The second-order valence-corrected chi connectivity index (χ2v) is 6.87. The molecule has 0 saturated carbocycles. The summed E-state index contributed by atoms with van der Waals surface area (Å²) in [5, 5.41) is 21.2. The largest absolute Gasteiger partial charge is 0.507 e. The van der Waals surface area contributed by atoms with Gasteiger partial charge in [0.15, 0.2) is 6.10 Å². The fourth-order valence-electron chi connectivity index (χ4n) is 3.38. The normalized spacial score (nSPS) is 11.9. The number of esters is 2. The first-order valence-electron chi connectivity index (χ1n) is 9.13. The molecule has 156 valence electrons. The molecule has 0 amide bonds. The number of aromatic hydroxyl groups is 2. The summed E-state index contributed by atoms with van der Waals surface area (Å²) >= 11 is 0. The summed E-state index contributed by atoms with van der Waals surface area (Å²) < 4.78 is 9.96. The van der Waals surface area contributed by atoms with E-state index in [1.54, 1.807) is 38.1 Å². The Hall–Kier alpha value is -3.81. The third kappa shape index (κ3) is 3.47. The van der Waals surface area contributed by atoms with Gasteiger partial charge in [-0.3, -0.25) is 4.79 Å². The lowest BCUT2D eigenvalue weighted by molar-refractivity contribution is 0.0314. The van der Waals surface area contributed by atoms with Gasteiger partial charge in [-0.05, 0) is 32.4 Å². The van der Waals surface area contributed by atoms with Crippen molar-refractivity contribution < 1.29 is 34.1 Å². The number of aromatic amines is 1. The van der Waals surface area contributed by atoms with E-state index in [0.29, 0.717) is 16.6 Å². The van der Waals surface area contributed by atoms with Crippen LogP contribution in [-0.2, 0) is 9.47 Å². The zero-order valence-corrected chi connectivity index (χ0v) is 16.9. The quantitative estimate of drug-likeness (QED) is 0.334. The van der Waals surface area contributed by atoms with E-state index in [0.717, 1.165) is 6.07 Å². The number of nitrogens with one attached hydrogen (secondary N) is 1. The molecular formula is C22H21NO7. The van der Waals surface area contributed by atoms with Gasteiger partial charge >= 0.3 is 11.9 Å². The molecule has 0 spiro atoms. The van der Waals surface area contributed by atoms with Crippen LogP contribution < -0.4 is 0 Å². The van der Waals surface area contributed by atoms with Crippen molar-refractivity contribution >= 4 is 28.5 Å². The molecule has 8 heteroatoms. The average Bonchev–Trinajstić information content (AvgIpc) is 3.03. The third-order valence-corrected chi connectivity index (χ3v) is 4.94. The first-order valence-corrected chi connectivity index (χ1v) is 9.13. The van der Waals surface area contributed by atoms with Gasteiger partial charge in [-0.1, -0.05) is 24.3 Å². The van der Waals surface area contributed by atoms with Crippen molar-refractivity contribution in [3.05, 3.63) is 58.4 Å². The van der Waals surface area contributed by atoms with E-state index in [-0.39, 0.29) is 33.7 Å². The van der Waals surface area contributed by atoms with Gasteiger partial charge in [0.25, 0.3) is 0 Å². The Balaban J connectivity index is 1.88. The summed E-state index contributed by atoms with van der Waals surface area (Å²) in [6.07, 6.45) is -1.22. The van der Waals surface area contributed by atoms with Crippen LogP contribution >= 0.6 is 0 Å². The number of hydrogen-bond acceptors (Lipinski definition) is 7. The van der Waals surface area contributed by atoms with Crippen LogP contribution in [-0.4, -0.2) is 46.1 Å². The summed E-state index contributed by atoms with van der Waals surface area (Å²) in [6.45, 7) is 4.60. The maximum Gasteiger partial charge on any atom is 0.342 e. The van der Waals surface area contributed by atoms with Crippen molar-refractivity contribution in [2.45, 2.75) is 26.9 Å². The molecule has 0 aliphatic heterocycles. The van der Waals surface area contributed by atoms with Crippen molar-refractivity contribution in [2.24, 2.45) is 0 Å². The monoisotopic (exact) mass is 411 g/mol. The first kappa shape index (κ1) is 20.9. The van der Waals surface area contributed by atoms with Gasteiger partial charge < -0.3 is 24.7 Å². The maximum absolute atomic E-state index is 12.8. The van der Waals surface area contributed by atoms with Crippen molar-refractivity contribution in [3.63, 3.8) is 0 Å². The predicted octanol–water partition coefficient (Wildman–Crippen LogP) is 3.41. The van der Waals surface area contributed by atoms with Crippen LogP contribution in [0.1, 0.15) is 49.4 Å². The van der Waals surface area contributed by atoms with E-state index in [1.165, 1.54) is 14.0 Å².